The van der Waals surface area contributed by atoms with Crippen molar-refractivity contribution in [3.63, 3.8) is 0 Å². The number of pyridine rings is 1. The van der Waals surface area contributed by atoms with Crippen molar-refractivity contribution < 1.29 is 9.53 Å². The van der Waals surface area contributed by atoms with Crippen LogP contribution in [0, 0.1) is 0 Å². The molecule has 1 amide bonds. The Hall–Kier alpha value is -2.47. The molecule has 0 aliphatic carbocycles. The largest absolute Gasteiger partial charge is 0.480 e. The number of hydrogen-bond donors (Lipinski definition) is 0. The Kier molecular flexibility index (Phi) is 3.90. The van der Waals surface area contributed by atoms with Crippen LogP contribution in [0.5, 0.6) is 5.88 Å². The van der Waals surface area contributed by atoms with Crippen LogP contribution in [0.3, 0.4) is 0 Å². The number of methoxy groups -OCH3 is 1. The molecule has 0 spiro atoms. The summed E-state index contributed by atoms with van der Waals surface area (Å²) in [6, 6.07) is 11.6. The van der Waals surface area contributed by atoms with Gasteiger partial charge >= 0.3 is 0 Å². The molecule has 6 heteroatoms. The highest BCUT2D eigenvalue weighted by Crippen LogP contribution is 2.37. The van der Waals surface area contributed by atoms with Gasteiger partial charge in [0.25, 0.3) is 5.91 Å². The summed E-state index contributed by atoms with van der Waals surface area (Å²) in [5.74, 6) is 0.333. The molecule has 3 heterocycles. The number of benzene rings is 1. The third-order valence-corrected chi connectivity index (χ3v) is 5.44. The maximum absolute atomic E-state index is 13.0. The molecule has 1 aliphatic rings. The molecule has 0 radical (unpaired) electrons. The Labute approximate surface area is 143 Å². The quantitative estimate of drug-likeness (QED) is 0.730. The zero-order chi connectivity index (χ0) is 16.5. The highest BCUT2D eigenvalue weighted by molar-refractivity contribution is 7.18. The highest BCUT2D eigenvalue weighted by atomic mass is 32.1. The van der Waals surface area contributed by atoms with Crippen molar-refractivity contribution in [2.45, 2.75) is 18.9 Å². The number of aromatic nitrogens is 2. The summed E-state index contributed by atoms with van der Waals surface area (Å²) in [7, 11) is 1.54. The SMILES string of the molecule is COc1ncccc1C(=O)N1CCCC1c1nc2ccccc2s1. The van der Waals surface area contributed by atoms with Crippen molar-refractivity contribution in [2.24, 2.45) is 0 Å². The van der Waals surface area contributed by atoms with E-state index < -0.39 is 0 Å². The third-order valence-electron chi connectivity index (χ3n) is 4.30. The van der Waals surface area contributed by atoms with Gasteiger partial charge in [0.05, 0.1) is 23.4 Å². The van der Waals surface area contributed by atoms with E-state index >= 15 is 0 Å². The molecule has 1 saturated heterocycles. The highest BCUT2D eigenvalue weighted by Gasteiger charge is 2.34. The minimum atomic E-state index is -0.0401. The minimum Gasteiger partial charge on any atom is -0.480 e. The van der Waals surface area contributed by atoms with E-state index in [-0.39, 0.29) is 11.9 Å². The molecule has 3 aromatic rings. The van der Waals surface area contributed by atoms with Gasteiger partial charge in [0.15, 0.2) is 0 Å². The number of likely N-dealkylation sites (tertiary alicyclic amines) is 1. The van der Waals surface area contributed by atoms with Crippen LogP contribution < -0.4 is 4.74 Å². The Morgan fingerprint density at radius 1 is 1.29 bits per heavy atom. The number of amides is 1. The Morgan fingerprint density at radius 2 is 2.17 bits per heavy atom. The van der Waals surface area contributed by atoms with Crippen LogP contribution in [-0.4, -0.2) is 34.4 Å². The van der Waals surface area contributed by atoms with E-state index in [1.165, 1.54) is 7.11 Å². The third kappa shape index (κ3) is 2.53. The Bertz CT molecular complexity index is 860. The molecule has 5 nitrogen and oxygen atoms in total. The summed E-state index contributed by atoms with van der Waals surface area (Å²) in [6.07, 6.45) is 3.55. The predicted octanol–water partition coefficient (Wildman–Crippen LogP) is 3.68. The minimum absolute atomic E-state index is 0.0276. The fourth-order valence-corrected chi connectivity index (χ4v) is 4.29. The number of carbonyl (C=O) groups is 1. The lowest BCUT2D eigenvalue weighted by Gasteiger charge is -2.23. The molecule has 1 aliphatic heterocycles. The monoisotopic (exact) mass is 339 g/mol. The van der Waals surface area contributed by atoms with Gasteiger partial charge in [0, 0.05) is 12.7 Å². The summed E-state index contributed by atoms with van der Waals surface area (Å²) in [6.45, 7) is 0.734. The first-order valence-electron chi connectivity index (χ1n) is 7.93. The van der Waals surface area contributed by atoms with E-state index in [9.17, 15) is 4.79 Å². The number of para-hydroxylation sites is 1. The summed E-state index contributed by atoms with van der Waals surface area (Å²) in [4.78, 5) is 23.8. The summed E-state index contributed by atoms with van der Waals surface area (Å²) in [5, 5.41) is 1.00. The number of carbonyl (C=O) groups excluding carboxylic acids is 1. The number of fused-ring (bicyclic) bond motifs is 1. The second kappa shape index (κ2) is 6.20. The van der Waals surface area contributed by atoms with Gasteiger partial charge in [0.1, 0.15) is 10.6 Å². The summed E-state index contributed by atoms with van der Waals surface area (Å²) < 4.78 is 6.40. The van der Waals surface area contributed by atoms with Crippen molar-refractivity contribution in [3.05, 3.63) is 53.2 Å². The molecule has 1 aromatic carbocycles. The fourth-order valence-electron chi connectivity index (χ4n) is 3.17. The molecule has 122 valence electrons. The van der Waals surface area contributed by atoms with E-state index in [1.54, 1.807) is 29.7 Å². The molecule has 1 fully saturated rings. The van der Waals surface area contributed by atoms with Gasteiger partial charge in [-0.15, -0.1) is 11.3 Å². The lowest BCUT2D eigenvalue weighted by Crippen LogP contribution is -2.31. The second-order valence-corrected chi connectivity index (χ2v) is 6.80. The molecular formula is C18H17N3O2S. The van der Waals surface area contributed by atoms with Crippen molar-refractivity contribution in [2.75, 3.05) is 13.7 Å². The van der Waals surface area contributed by atoms with E-state index in [0.29, 0.717) is 11.4 Å². The van der Waals surface area contributed by atoms with Gasteiger partial charge in [-0.05, 0) is 37.1 Å². The number of thiazole rings is 1. The first-order chi connectivity index (χ1) is 11.8. The van der Waals surface area contributed by atoms with E-state index in [1.807, 2.05) is 23.1 Å². The van der Waals surface area contributed by atoms with E-state index in [4.69, 9.17) is 9.72 Å². The topological polar surface area (TPSA) is 55.3 Å². The zero-order valence-corrected chi connectivity index (χ0v) is 14.1. The van der Waals surface area contributed by atoms with Crippen LogP contribution in [-0.2, 0) is 0 Å². The Balaban J connectivity index is 1.68. The maximum atomic E-state index is 13.0. The average Bonchev–Trinajstić information content (AvgIpc) is 3.27. The molecule has 1 unspecified atom stereocenters. The summed E-state index contributed by atoms with van der Waals surface area (Å²) >= 11 is 1.67. The molecular weight excluding hydrogens is 322 g/mol. The van der Waals surface area contributed by atoms with Crippen molar-refractivity contribution >= 4 is 27.5 Å². The van der Waals surface area contributed by atoms with Gasteiger partial charge in [-0.3, -0.25) is 4.79 Å². The lowest BCUT2D eigenvalue weighted by molar-refractivity contribution is 0.0731. The predicted molar refractivity (Wildman–Crippen MR) is 93.4 cm³/mol. The van der Waals surface area contributed by atoms with Gasteiger partial charge in [-0.25, -0.2) is 9.97 Å². The fraction of sp³-hybridized carbons (Fsp3) is 0.278. The second-order valence-electron chi connectivity index (χ2n) is 5.74. The molecule has 0 N–H and O–H groups in total. The average molecular weight is 339 g/mol. The lowest BCUT2D eigenvalue weighted by atomic mass is 10.2. The van der Waals surface area contributed by atoms with Crippen molar-refractivity contribution in [1.29, 1.82) is 0 Å². The zero-order valence-electron chi connectivity index (χ0n) is 13.3. The standard InChI is InChI=1S/C18H17N3O2S/c1-23-16-12(6-4-10-19-16)18(22)21-11-5-8-14(21)17-20-13-7-2-3-9-15(13)24-17/h2-4,6-7,9-10,14H,5,8,11H2,1H3. The molecule has 24 heavy (non-hydrogen) atoms. The van der Waals surface area contributed by atoms with E-state index in [0.717, 1.165) is 34.6 Å². The first-order valence-corrected chi connectivity index (χ1v) is 8.75. The van der Waals surface area contributed by atoms with Crippen LogP contribution in [0.2, 0.25) is 0 Å². The molecule has 0 bridgehead atoms. The Morgan fingerprint density at radius 3 is 3.00 bits per heavy atom. The van der Waals surface area contributed by atoms with Gasteiger partial charge in [0.2, 0.25) is 5.88 Å². The molecule has 0 saturated carbocycles. The molecule has 1 atom stereocenters. The number of hydrogen-bond acceptors (Lipinski definition) is 5. The number of rotatable bonds is 3. The van der Waals surface area contributed by atoms with Crippen molar-refractivity contribution in [1.82, 2.24) is 14.9 Å². The molecule has 4 rings (SSSR count). The van der Waals surface area contributed by atoms with Crippen molar-refractivity contribution in [3.8, 4) is 5.88 Å². The van der Waals surface area contributed by atoms with Gasteiger partial charge in [-0.2, -0.15) is 0 Å². The number of nitrogens with zero attached hydrogens (tertiary/aromatic N) is 3. The maximum Gasteiger partial charge on any atom is 0.259 e. The van der Waals surface area contributed by atoms with Crippen LogP contribution in [0.1, 0.15) is 34.2 Å². The first kappa shape index (κ1) is 15.1. The normalized spacial score (nSPS) is 17.4. The van der Waals surface area contributed by atoms with Crippen LogP contribution >= 0.6 is 11.3 Å². The number of ether oxygens (including phenoxy) is 1. The smallest absolute Gasteiger partial charge is 0.259 e. The van der Waals surface area contributed by atoms with Crippen LogP contribution in [0.25, 0.3) is 10.2 Å². The van der Waals surface area contributed by atoms with Gasteiger partial charge in [-0.1, -0.05) is 12.1 Å². The summed E-state index contributed by atoms with van der Waals surface area (Å²) in [5.41, 5.74) is 1.50. The van der Waals surface area contributed by atoms with Gasteiger partial charge < -0.3 is 9.64 Å². The molecule has 2 aromatic heterocycles. The van der Waals surface area contributed by atoms with Crippen LogP contribution in [0.4, 0.5) is 0 Å². The van der Waals surface area contributed by atoms with Crippen LogP contribution in [0.15, 0.2) is 42.6 Å². The van der Waals surface area contributed by atoms with E-state index in [2.05, 4.69) is 11.1 Å².